The number of nitro benzene ring substituents is 1. The number of aliphatic carboxylic acids is 1. The minimum absolute atomic E-state index is 0.0376. The first-order valence-corrected chi connectivity index (χ1v) is 4.93. The van der Waals surface area contributed by atoms with Crippen LogP contribution in [0.15, 0.2) is 22.6 Å². The maximum atomic E-state index is 10.8. The number of nitrogens with zero attached hydrogens (tertiary/aromatic N) is 1. The quantitative estimate of drug-likeness (QED) is 0.672. The molecule has 0 saturated carbocycles. The zero-order chi connectivity index (χ0) is 12.6. The monoisotopic (exact) mass is 255 g/mol. The number of nitro groups is 1. The van der Waals surface area contributed by atoms with Gasteiger partial charge in [0.1, 0.15) is 12.2 Å². The highest BCUT2D eigenvalue weighted by molar-refractivity contribution is 6.31. The van der Waals surface area contributed by atoms with Gasteiger partial charge in [0.2, 0.25) is 5.58 Å². The molecule has 0 atom stereocenters. The van der Waals surface area contributed by atoms with Crippen molar-refractivity contribution in [1.82, 2.24) is 0 Å². The van der Waals surface area contributed by atoms with E-state index in [9.17, 15) is 14.9 Å². The van der Waals surface area contributed by atoms with Gasteiger partial charge in [-0.15, -0.1) is 0 Å². The largest absolute Gasteiger partial charge is 0.481 e. The summed E-state index contributed by atoms with van der Waals surface area (Å²) in [6.45, 7) is 0. The predicted octanol–water partition coefficient (Wildman–Crippen LogP) is 2.62. The number of carbonyl (C=O) groups is 1. The van der Waals surface area contributed by atoms with Crippen LogP contribution in [0.5, 0.6) is 0 Å². The summed E-state index contributed by atoms with van der Waals surface area (Å²) in [7, 11) is 0. The van der Waals surface area contributed by atoms with Crippen LogP contribution in [0.2, 0.25) is 5.02 Å². The molecule has 0 saturated heterocycles. The fourth-order valence-electron chi connectivity index (χ4n) is 1.52. The van der Waals surface area contributed by atoms with E-state index in [1.54, 1.807) is 0 Å². The normalized spacial score (nSPS) is 10.6. The Kier molecular flexibility index (Phi) is 2.72. The second-order valence-corrected chi connectivity index (χ2v) is 3.82. The van der Waals surface area contributed by atoms with Crippen LogP contribution in [-0.4, -0.2) is 16.0 Å². The van der Waals surface area contributed by atoms with E-state index in [1.165, 1.54) is 12.1 Å². The summed E-state index contributed by atoms with van der Waals surface area (Å²) >= 11 is 5.72. The molecule has 0 amide bonds. The Morgan fingerprint density at radius 2 is 2.18 bits per heavy atom. The minimum atomic E-state index is -1.07. The SMILES string of the molecule is O=C(O)Cc1cc2cc(Cl)cc([N+](=O)[O-])c2o1. The standard InChI is InChI=1S/C10H6ClNO5/c11-6-1-5-2-7(4-9(13)14)17-10(5)8(3-6)12(15)16/h1-3H,4H2,(H,13,14). The number of halogens is 1. The summed E-state index contributed by atoms with van der Waals surface area (Å²) in [6.07, 6.45) is -0.330. The van der Waals surface area contributed by atoms with Crippen molar-refractivity contribution in [3.05, 3.63) is 39.1 Å². The zero-order valence-corrected chi connectivity index (χ0v) is 9.10. The van der Waals surface area contributed by atoms with E-state index in [4.69, 9.17) is 21.1 Å². The smallest absolute Gasteiger partial charge is 0.313 e. The molecule has 6 nitrogen and oxygen atoms in total. The number of non-ortho nitro benzene ring substituents is 1. The van der Waals surface area contributed by atoms with E-state index in [0.717, 1.165) is 6.07 Å². The molecule has 17 heavy (non-hydrogen) atoms. The van der Waals surface area contributed by atoms with Gasteiger partial charge in [0, 0.05) is 16.5 Å². The maximum Gasteiger partial charge on any atom is 0.313 e. The van der Waals surface area contributed by atoms with Crippen molar-refractivity contribution in [3.8, 4) is 0 Å². The molecular weight excluding hydrogens is 250 g/mol. The van der Waals surface area contributed by atoms with Crippen LogP contribution < -0.4 is 0 Å². The van der Waals surface area contributed by atoms with Gasteiger partial charge in [-0.05, 0) is 12.1 Å². The number of fused-ring (bicyclic) bond motifs is 1. The van der Waals surface area contributed by atoms with Crippen molar-refractivity contribution >= 4 is 34.2 Å². The topological polar surface area (TPSA) is 93.6 Å². The molecular formula is C10H6ClNO5. The van der Waals surface area contributed by atoms with E-state index in [2.05, 4.69) is 0 Å². The highest BCUT2D eigenvalue weighted by atomic mass is 35.5. The third-order valence-corrected chi connectivity index (χ3v) is 2.35. The Morgan fingerprint density at radius 1 is 1.47 bits per heavy atom. The molecule has 1 heterocycles. The lowest BCUT2D eigenvalue weighted by atomic mass is 10.2. The van der Waals surface area contributed by atoms with Gasteiger partial charge in [-0.1, -0.05) is 11.6 Å². The van der Waals surface area contributed by atoms with Gasteiger partial charge in [0.25, 0.3) is 0 Å². The Hall–Kier alpha value is -2.08. The molecule has 0 spiro atoms. The van der Waals surface area contributed by atoms with E-state index in [1.807, 2.05) is 0 Å². The summed E-state index contributed by atoms with van der Waals surface area (Å²) in [4.78, 5) is 20.7. The molecule has 0 radical (unpaired) electrons. The maximum absolute atomic E-state index is 10.8. The van der Waals surface area contributed by atoms with Gasteiger partial charge in [-0.2, -0.15) is 0 Å². The molecule has 0 bridgehead atoms. The van der Waals surface area contributed by atoms with Gasteiger partial charge in [-0.25, -0.2) is 0 Å². The second kappa shape index (κ2) is 4.06. The van der Waals surface area contributed by atoms with Crippen LogP contribution in [0.3, 0.4) is 0 Å². The summed E-state index contributed by atoms with van der Waals surface area (Å²) < 4.78 is 5.15. The number of carboxylic acids is 1. The van der Waals surface area contributed by atoms with Crippen LogP contribution >= 0.6 is 11.6 Å². The van der Waals surface area contributed by atoms with Crippen LogP contribution in [0, 0.1) is 10.1 Å². The van der Waals surface area contributed by atoms with E-state index < -0.39 is 10.9 Å². The Bertz CT molecular complexity index is 618. The lowest BCUT2D eigenvalue weighted by molar-refractivity contribution is -0.383. The predicted molar refractivity (Wildman–Crippen MR) is 59.2 cm³/mol. The highest BCUT2D eigenvalue weighted by Gasteiger charge is 2.19. The first kappa shape index (κ1) is 11.4. The zero-order valence-electron chi connectivity index (χ0n) is 8.34. The fraction of sp³-hybridized carbons (Fsp3) is 0.100. The number of furan rings is 1. The van der Waals surface area contributed by atoms with Gasteiger partial charge < -0.3 is 9.52 Å². The number of carboxylic acid groups (broad SMARTS) is 1. The molecule has 2 aromatic rings. The van der Waals surface area contributed by atoms with Crippen molar-refractivity contribution in [2.75, 3.05) is 0 Å². The molecule has 0 aliphatic heterocycles. The van der Waals surface area contributed by atoms with E-state index in [0.29, 0.717) is 5.39 Å². The summed E-state index contributed by atoms with van der Waals surface area (Å²) in [6, 6.07) is 4.08. The first-order chi connectivity index (χ1) is 7.97. The Balaban J connectivity index is 2.63. The third-order valence-electron chi connectivity index (χ3n) is 2.13. The van der Waals surface area contributed by atoms with Gasteiger partial charge in [-0.3, -0.25) is 14.9 Å². The Morgan fingerprint density at radius 3 is 2.76 bits per heavy atom. The number of benzene rings is 1. The lowest BCUT2D eigenvalue weighted by Gasteiger charge is -1.93. The first-order valence-electron chi connectivity index (χ1n) is 4.55. The third kappa shape index (κ3) is 2.21. The summed E-state index contributed by atoms with van der Waals surface area (Å²) in [5.41, 5.74) is -0.236. The van der Waals surface area contributed by atoms with Crippen LogP contribution in [0.4, 0.5) is 5.69 Å². The summed E-state index contributed by atoms with van der Waals surface area (Å²) in [5, 5.41) is 20.0. The van der Waals surface area contributed by atoms with Crippen molar-refractivity contribution in [3.63, 3.8) is 0 Å². The molecule has 7 heteroatoms. The number of hydrogen-bond acceptors (Lipinski definition) is 4. The van der Waals surface area contributed by atoms with Crippen molar-refractivity contribution in [1.29, 1.82) is 0 Å². The lowest BCUT2D eigenvalue weighted by Crippen LogP contribution is -1.97. The molecule has 0 aliphatic rings. The molecule has 88 valence electrons. The number of hydrogen-bond donors (Lipinski definition) is 1. The molecule has 1 aromatic heterocycles. The summed E-state index contributed by atoms with van der Waals surface area (Å²) in [5.74, 6) is -0.921. The Labute approximate surface area is 99.5 Å². The van der Waals surface area contributed by atoms with Gasteiger partial charge in [0.15, 0.2) is 0 Å². The molecule has 2 rings (SSSR count). The molecule has 0 unspecified atom stereocenters. The molecule has 0 aliphatic carbocycles. The average Bonchev–Trinajstić information content (AvgIpc) is 2.56. The van der Waals surface area contributed by atoms with E-state index >= 15 is 0 Å². The molecule has 0 fully saturated rings. The second-order valence-electron chi connectivity index (χ2n) is 3.38. The van der Waals surface area contributed by atoms with Crippen LogP contribution in [0.25, 0.3) is 11.0 Å². The van der Waals surface area contributed by atoms with Crippen LogP contribution in [-0.2, 0) is 11.2 Å². The number of rotatable bonds is 3. The highest BCUT2D eigenvalue weighted by Crippen LogP contribution is 2.32. The van der Waals surface area contributed by atoms with Gasteiger partial charge in [0.05, 0.1) is 4.92 Å². The van der Waals surface area contributed by atoms with Crippen molar-refractivity contribution in [2.45, 2.75) is 6.42 Å². The van der Waals surface area contributed by atoms with Crippen LogP contribution in [0.1, 0.15) is 5.76 Å². The minimum Gasteiger partial charge on any atom is -0.481 e. The van der Waals surface area contributed by atoms with Crippen molar-refractivity contribution < 1.29 is 19.2 Å². The molecule has 1 N–H and O–H groups in total. The molecule has 1 aromatic carbocycles. The van der Waals surface area contributed by atoms with Crippen molar-refractivity contribution in [2.24, 2.45) is 0 Å². The average molecular weight is 256 g/mol. The fourth-order valence-corrected chi connectivity index (χ4v) is 1.74. The van der Waals surface area contributed by atoms with E-state index in [-0.39, 0.29) is 28.5 Å². The van der Waals surface area contributed by atoms with Gasteiger partial charge >= 0.3 is 11.7 Å².